The van der Waals surface area contributed by atoms with Crippen LogP contribution in [0.25, 0.3) is 0 Å². The van der Waals surface area contributed by atoms with E-state index < -0.39 is 0 Å². The first-order chi connectivity index (χ1) is 11.4. The second kappa shape index (κ2) is 8.06. The van der Waals surface area contributed by atoms with Crippen molar-refractivity contribution in [3.63, 3.8) is 0 Å². The molecule has 0 fully saturated rings. The van der Waals surface area contributed by atoms with Gasteiger partial charge in [0.2, 0.25) is 0 Å². The molecule has 0 saturated heterocycles. The Bertz CT molecular complexity index is 709. The van der Waals surface area contributed by atoms with E-state index in [0.717, 1.165) is 11.1 Å². The molecule has 128 valence electrons. The zero-order valence-corrected chi connectivity index (χ0v) is 15.2. The zero-order chi connectivity index (χ0) is 17.6. The Morgan fingerprint density at radius 2 is 1.88 bits per heavy atom. The lowest BCUT2D eigenvalue weighted by Gasteiger charge is -2.17. The Hall–Kier alpha value is -2.20. The molecule has 2 aromatic carbocycles. The maximum atomic E-state index is 6.15. The molecule has 5 heteroatoms. The van der Waals surface area contributed by atoms with Crippen LogP contribution in [0.15, 0.2) is 47.6 Å². The lowest BCUT2D eigenvalue weighted by Crippen LogP contribution is -2.31. The van der Waals surface area contributed by atoms with Crippen LogP contribution < -0.4 is 14.9 Å². The quantitative estimate of drug-likeness (QED) is 0.611. The summed E-state index contributed by atoms with van der Waals surface area (Å²) in [6, 6.07) is 13.3. The van der Waals surface area contributed by atoms with E-state index in [0.29, 0.717) is 23.1 Å². The fraction of sp³-hybridized carbons (Fsp3) is 0.316. The van der Waals surface area contributed by atoms with Gasteiger partial charge in [0.25, 0.3) is 0 Å². The summed E-state index contributed by atoms with van der Waals surface area (Å²) in [5.74, 6) is 1.32. The Morgan fingerprint density at radius 1 is 1.12 bits per heavy atom. The van der Waals surface area contributed by atoms with Crippen LogP contribution in [0.5, 0.6) is 11.5 Å². The summed E-state index contributed by atoms with van der Waals surface area (Å²) in [6.07, 6.45) is 1.76. The number of ether oxygens (including phenoxy) is 2. The predicted molar refractivity (Wildman–Crippen MR) is 99.3 cm³/mol. The highest BCUT2D eigenvalue weighted by Gasteiger charge is 2.08. The summed E-state index contributed by atoms with van der Waals surface area (Å²) >= 11 is 6.15. The smallest absolute Gasteiger partial charge is 0.161 e. The van der Waals surface area contributed by atoms with Crippen molar-refractivity contribution in [1.29, 1.82) is 0 Å². The van der Waals surface area contributed by atoms with E-state index in [1.807, 2.05) is 42.5 Å². The minimum atomic E-state index is -0.0708. The standard InChI is InChI=1S/C19H23ClN2O2/c1-19(2,3)22-21-12-14-9-10-17(18(11-14)23-4)24-13-15-7-5-6-8-16(15)20/h5-12,22H,13H2,1-4H3/b21-12+. The molecule has 0 aromatic heterocycles. The molecule has 4 nitrogen and oxygen atoms in total. The summed E-state index contributed by atoms with van der Waals surface area (Å²) in [5.41, 5.74) is 4.84. The maximum absolute atomic E-state index is 6.15. The van der Waals surface area contributed by atoms with E-state index in [2.05, 4.69) is 31.3 Å². The van der Waals surface area contributed by atoms with Crippen molar-refractivity contribution >= 4 is 17.8 Å². The molecule has 1 N–H and O–H groups in total. The highest BCUT2D eigenvalue weighted by atomic mass is 35.5. The van der Waals surface area contributed by atoms with E-state index in [9.17, 15) is 0 Å². The minimum absolute atomic E-state index is 0.0708. The molecule has 0 radical (unpaired) electrons. The number of rotatable bonds is 6. The molecule has 0 atom stereocenters. The first-order valence-corrected chi connectivity index (χ1v) is 8.11. The Labute approximate surface area is 148 Å². The van der Waals surface area contributed by atoms with Crippen molar-refractivity contribution in [1.82, 2.24) is 5.43 Å². The van der Waals surface area contributed by atoms with Crippen LogP contribution in [0.2, 0.25) is 5.02 Å². The van der Waals surface area contributed by atoms with E-state index in [1.54, 1.807) is 13.3 Å². The van der Waals surface area contributed by atoms with Crippen LogP contribution >= 0.6 is 11.6 Å². The molecule has 0 aliphatic heterocycles. The summed E-state index contributed by atoms with van der Waals surface area (Å²) in [7, 11) is 1.62. The van der Waals surface area contributed by atoms with Gasteiger partial charge in [0.1, 0.15) is 6.61 Å². The Kier molecular flexibility index (Phi) is 6.10. The van der Waals surface area contributed by atoms with Gasteiger partial charge in [0.15, 0.2) is 11.5 Å². The van der Waals surface area contributed by atoms with Crippen LogP contribution in [0.1, 0.15) is 31.9 Å². The van der Waals surface area contributed by atoms with E-state index in [4.69, 9.17) is 21.1 Å². The average molecular weight is 347 g/mol. The molecule has 0 bridgehead atoms. The van der Waals surface area contributed by atoms with Gasteiger partial charge in [-0.15, -0.1) is 0 Å². The average Bonchev–Trinajstić information content (AvgIpc) is 2.53. The molecule has 0 unspecified atom stereocenters. The van der Waals surface area contributed by atoms with E-state index in [1.165, 1.54) is 0 Å². The number of methoxy groups -OCH3 is 1. The van der Waals surface area contributed by atoms with Gasteiger partial charge in [-0.25, -0.2) is 0 Å². The number of nitrogens with zero attached hydrogens (tertiary/aromatic N) is 1. The molecule has 2 rings (SSSR count). The van der Waals surface area contributed by atoms with Crippen LogP contribution in [0, 0.1) is 0 Å². The Balaban J connectivity index is 2.07. The lowest BCUT2D eigenvalue weighted by molar-refractivity contribution is 0.284. The van der Waals surface area contributed by atoms with Crippen molar-refractivity contribution in [3.05, 3.63) is 58.6 Å². The molecule has 0 heterocycles. The molecule has 0 aliphatic carbocycles. The predicted octanol–water partition coefficient (Wildman–Crippen LogP) is 4.65. The monoisotopic (exact) mass is 346 g/mol. The number of benzene rings is 2. The minimum Gasteiger partial charge on any atom is -0.493 e. The molecule has 0 spiro atoms. The number of halogens is 1. The van der Waals surface area contributed by atoms with Crippen LogP contribution in [0.3, 0.4) is 0 Å². The summed E-state index contributed by atoms with van der Waals surface area (Å²) in [4.78, 5) is 0. The third kappa shape index (κ3) is 5.46. The topological polar surface area (TPSA) is 42.8 Å². The fourth-order valence-electron chi connectivity index (χ4n) is 1.96. The second-order valence-corrected chi connectivity index (χ2v) is 6.82. The molecular formula is C19H23ClN2O2. The van der Waals surface area contributed by atoms with Crippen molar-refractivity contribution < 1.29 is 9.47 Å². The SMILES string of the molecule is COc1cc(/C=N/NC(C)(C)C)ccc1OCc1ccccc1Cl. The van der Waals surface area contributed by atoms with Crippen molar-refractivity contribution in [2.75, 3.05) is 7.11 Å². The first-order valence-electron chi connectivity index (χ1n) is 7.73. The highest BCUT2D eigenvalue weighted by Crippen LogP contribution is 2.29. The molecule has 2 aromatic rings. The van der Waals surface area contributed by atoms with E-state index >= 15 is 0 Å². The third-order valence-corrected chi connectivity index (χ3v) is 3.51. The van der Waals surface area contributed by atoms with Gasteiger partial charge in [0, 0.05) is 16.1 Å². The summed E-state index contributed by atoms with van der Waals surface area (Å²) < 4.78 is 11.3. The third-order valence-electron chi connectivity index (χ3n) is 3.14. The molecule has 0 saturated carbocycles. The van der Waals surface area contributed by atoms with Gasteiger partial charge in [-0.1, -0.05) is 29.8 Å². The van der Waals surface area contributed by atoms with Gasteiger partial charge in [-0.05, 0) is 50.6 Å². The summed E-state index contributed by atoms with van der Waals surface area (Å²) in [5, 5.41) is 4.92. The Morgan fingerprint density at radius 3 is 2.54 bits per heavy atom. The van der Waals surface area contributed by atoms with Gasteiger partial charge >= 0.3 is 0 Å². The van der Waals surface area contributed by atoms with Gasteiger partial charge < -0.3 is 14.9 Å². The summed E-state index contributed by atoms with van der Waals surface area (Å²) in [6.45, 7) is 6.54. The molecule has 24 heavy (non-hydrogen) atoms. The highest BCUT2D eigenvalue weighted by molar-refractivity contribution is 6.31. The van der Waals surface area contributed by atoms with Gasteiger partial charge in [0.05, 0.1) is 13.3 Å². The number of hydrazone groups is 1. The fourth-order valence-corrected chi connectivity index (χ4v) is 2.15. The van der Waals surface area contributed by atoms with Gasteiger partial charge in [-0.3, -0.25) is 0 Å². The molecule has 0 aliphatic rings. The maximum Gasteiger partial charge on any atom is 0.161 e. The lowest BCUT2D eigenvalue weighted by atomic mass is 10.1. The number of hydrogen-bond acceptors (Lipinski definition) is 4. The van der Waals surface area contributed by atoms with Crippen LogP contribution in [-0.2, 0) is 6.61 Å². The number of hydrogen-bond donors (Lipinski definition) is 1. The van der Waals surface area contributed by atoms with Crippen molar-refractivity contribution in [2.24, 2.45) is 5.10 Å². The van der Waals surface area contributed by atoms with Gasteiger partial charge in [-0.2, -0.15) is 5.10 Å². The van der Waals surface area contributed by atoms with Crippen molar-refractivity contribution in [2.45, 2.75) is 32.9 Å². The molecule has 0 amide bonds. The van der Waals surface area contributed by atoms with Crippen molar-refractivity contribution in [3.8, 4) is 11.5 Å². The van der Waals surface area contributed by atoms with E-state index in [-0.39, 0.29) is 5.54 Å². The van der Waals surface area contributed by atoms with Crippen LogP contribution in [-0.4, -0.2) is 18.9 Å². The second-order valence-electron chi connectivity index (χ2n) is 6.41. The largest absolute Gasteiger partial charge is 0.493 e. The number of nitrogens with one attached hydrogen (secondary N) is 1. The first kappa shape index (κ1) is 18.1. The zero-order valence-electron chi connectivity index (χ0n) is 14.5. The van der Waals surface area contributed by atoms with Crippen LogP contribution in [0.4, 0.5) is 0 Å². The molecular weight excluding hydrogens is 324 g/mol. The normalized spacial score (nSPS) is 11.5.